The van der Waals surface area contributed by atoms with Crippen molar-refractivity contribution in [3.8, 4) is 0 Å². The highest BCUT2D eigenvalue weighted by Crippen LogP contribution is 2.25. The highest BCUT2D eigenvalue weighted by atomic mass is 32.2. The van der Waals surface area contributed by atoms with Crippen molar-refractivity contribution in [1.82, 2.24) is 10.0 Å². The predicted molar refractivity (Wildman–Crippen MR) is 71.7 cm³/mol. The van der Waals surface area contributed by atoms with Crippen LogP contribution in [0.5, 0.6) is 0 Å². The van der Waals surface area contributed by atoms with Crippen molar-refractivity contribution in [1.29, 1.82) is 0 Å². The molecular formula is C13H20N2O2S. The van der Waals surface area contributed by atoms with Gasteiger partial charge in [-0.05, 0) is 43.5 Å². The molecule has 1 aliphatic carbocycles. The van der Waals surface area contributed by atoms with Crippen molar-refractivity contribution in [2.45, 2.75) is 30.7 Å². The Bertz CT molecular complexity index is 478. The predicted octanol–water partition coefficient (Wildman–Crippen LogP) is 1.48. The molecule has 1 fully saturated rings. The molecule has 2 rings (SSSR count). The Kier molecular flexibility index (Phi) is 4.37. The van der Waals surface area contributed by atoms with E-state index < -0.39 is 10.0 Å². The first-order valence-electron chi connectivity index (χ1n) is 6.35. The topological polar surface area (TPSA) is 58.2 Å². The molecule has 1 aliphatic rings. The van der Waals surface area contributed by atoms with Crippen LogP contribution in [0, 0.1) is 5.92 Å². The third-order valence-electron chi connectivity index (χ3n) is 3.40. The molecule has 4 nitrogen and oxygen atoms in total. The number of nitrogens with one attached hydrogen (secondary N) is 2. The second kappa shape index (κ2) is 5.82. The van der Waals surface area contributed by atoms with E-state index in [1.54, 1.807) is 12.1 Å². The van der Waals surface area contributed by atoms with Gasteiger partial charge in [-0.15, -0.1) is 0 Å². The van der Waals surface area contributed by atoms with Gasteiger partial charge in [0.15, 0.2) is 0 Å². The SMILES string of the molecule is CNCc1ccc(S(=O)(=O)NCC2CCC2)cc1. The second-order valence-electron chi connectivity index (χ2n) is 4.82. The molecule has 0 saturated heterocycles. The van der Waals surface area contributed by atoms with Crippen molar-refractivity contribution in [2.24, 2.45) is 5.92 Å². The van der Waals surface area contributed by atoms with Crippen LogP contribution in [0.1, 0.15) is 24.8 Å². The molecule has 1 saturated carbocycles. The van der Waals surface area contributed by atoms with E-state index in [0.29, 0.717) is 17.4 Å². The van der Waals surface area contributed by atoms with Gasteiger partial charge in [0.25, 0.3) is 0 Å². The van der Waals surface area contributed by atoms with Gasteiger partial charge in [0.05, 0.1) is 4.90 Å². The van der Waals surface area contributed by atoms with E-state index in [1.165, 1.54) is 6.42 Å². The van der Waals surface area contributed by atoms with Crippen molar-refractivity contribution < 1.29 is 8.42 Å². The summed E-state index contributed by atoms with van der Waals surface area (Å²) in [6.45, 7) is 1.32. The maximum atomic E-state index is 12.0. The lowest BCUT2D eigenvalue weighted by atomic mass is 9.86. The molecule has 0 aromatic heterocycles. The molecule has 0 unspecified atom stereocenters. The standard InChI is InChI=1S/C13H20N2O2S/c1-14-9-12-5-7-13(8-6-12)18(16,17)15-10-11-3-2-4-11/h5-8,11,14-15H,2-4,9-10H2,1H3. The van der Waals surface area contributed by atoms with Crippen molar-refractivity contribution in [3.63, 3.8) is 0 Å². The van der Waals surface area contributed by atoms with Gasteiger partial charge in [-0.3, -0.25) is 0 Å². The van der Waals surface area contributed by atoms with Crippen LogP contribution in [-0.4, -0.2) is 22.0 Å². The molecule has 18 heavy (non-hydrogen) atoms. The zero-order valence-corrected chi connectivity index (χ0v) is 11.5. The van der Waals surface area contributed by atoms with Crippen LogP contribution < -0.4 is 10.0 Å². The minimum atomic E-state index is -3.33. The first-order valence-corrected chi connectivity index (χ1v) is 7.83. The fourth-order valence-electron chi connectivity index (χ4n) is 2.00. The molecule has 1 aromatic carbocycles. The van der Waals surface area contributed by atoms with E-state index in [1.807, 2.05) is 19.2 Å². The van der Waals surface area contributed by atoms with Gasteiger partial charge >= 0.3 is 0 Å². The molecule has 0 amide bonds. The van der Waals surface area contributed by atoms with Crippen molar-refractivity contribution in [3.05, 3.63) is 29.8 Å². The van der Waals surface area contributed by atoms with Gasteiger partial charge < -0.3 is 5.32 Å². The van der Waals surface area contributed by atoms with Gasteiger partial charge in [0.2, 0.25) is 10.0 Å². The van der Waals surface area contributed by atoms with E-state index in [9.17, 15) is 8.42 Å². The maximum absolute atomic E-state index is 12.0. The summed E-state index contributed by atoms with van der Waals surface area (Å²) in [7, 11) is -1.47. The molecule has 0 bridgehead atoms. The molecule has 0 heterocycles. The minimum absolute atomic E-state index is 0.349. The summed E-state index contributed by atoms with van der Waals surface area (Å²) in [6.07, 6.45) is 3.51. The van der Waals surface area contributed by atoms with Gasteiger partial charge in [0, 0.05) is 13.1 Å². The summed E-state index contributed by atoms with van der Waals surface area (Å²) in [5, 5.41) is 3.03. The zero-order chi connectivity index (χ0) is 13.0. The summed E-state index contributed by atoms with van der Waals surface area (Å²) >= 11 is 0. The van der Waals surface area contributed by atoms with Crippen molar-refractivity contribution >= 4 is 10.0 Å². The first kappa shape index (κ1) is 13.5. The van der Waals surface area contributed by atoms with Gasteiger partial charge in [-0.1, -0.05) is 18.6 Å². The molecule has 0 radical (unpaired) electrons. The smallest absolute Gasteiger partial charge is 0.240 e. The molecule has 0 aliphatic heterocycles. The first-order chi connectivity index (χ1) is 8.62. The Balaban J connectivity index is 1.99. The average molecular weight is 268 g/mol. The monoisotopic (exact) mass is 268 g/mol. The van der Waals surface area contributed by atoms with Crippen LogP contribution in [0.3, 0.4) is 0 Å². The fraction of sp³-hybridized carbons (Fsp3) is 0.538. The highest BCUT2D eigenvalue weighted by Gasteiger charge is 2.21. The van der Waals surface area contributed by atoms with Crippen LogP contribution in [0.25, 0.3) is 0 Å². The Morgan fingerprint density at radius 1 is 1.22 bits per heavy atom. The third-order valence-corrected chi connectivity index (χ3v) is 4.84. The molecule has 2 N–H and O–H groups in total. The lowest BCUT2D eigenvalue weighted by Crippen LogP contribution is -2.32. The normalized spacial score (nSPS) is 16.5. The number of hydrogen-bond acceptors (Lipinski definition) is 3. The summed E-state index contributed by atoms with van der Waals surface area (Å²) in [5.74, 6) is 0.531. The quantitative estimate of drug-likeness (QED) is 0.821. The Morgan fingerprint density at radius 3 is 2.39 bits per heavy atom. The van der Waals surface area contributed by atoms with E-state index >= 15 is 0 Å². The third kappa shape index (κ3) is 3.31. The summed E-state index contributed by atoms with van der Waals surface area (Å²) in [5.41, 5.74) is 1.08. The lowest BCUT2D eigenvalue weighted by Gasteiger charge is -2.25. The van der Waals surface area contributed by atoms with Gasteiger partial charge in [-0.25, -0.2) is 13.1 Å². The number of benzene rings is 1. The van der Waals surface area contributed by atoms with Crippen LogP contribution in [-0.2, 0) is 16.6 Å². The van der Waals surface area contributed by atoms with Crippen molar-refractivity contribution in [2.75, 3.05) is 13.6 Å². The molecule has 0 atom stereocenters. The largest absolute Gasteiger partial charge is 0.316 e. The van der Waals surface area contributed by atoms with E-state index in [2.05, 4.69) is 10.0 Å². The Morgan fingerprint density at radius 2 is 1.89 bits per heavy atom. The van der Waals surface area contributed by atoms with E-state index in [4.69, 9.17) is 0 Å². The van der Waals surface area contributed by atoms with Crippen LogP contribution >= 0.6 is 0 Å². The summed E-state index contributed by atoms with van der Waals surface area (Å²) in [4.78, 5) is 0.349. The molecule has 100 valence electrons. The molecule has 1 aromatic rings. The van der Waals surface area contributed by atoms with E-state index in [-0.39, 0.29) is 0 Å². The lowest BCUT2D eigenvalue weighted by molar-refractivity contribution is 0.316. The number of rotatable bonds is 6. The number of sulfonamides is 1. The zero-order valence-electron chi connectivity index (χ0n) is 10.6. The minimum Gasteiger partial charge on any atom is -0.316 e. The fourth-order valence-corrected chi connectivity index (χ4v) is 3.11. The number of hydrogen-bond donors (Lipinski definition) is 2. The highest BCUT2D eigenvalue weighted by molar-refractivity contribution is 7.89. The molecule has 0 spiro atoms. The Labute approximate surface area is 109 Å². The summed E-state index contributed by atoms with van der Waals surface area (Å²) < 4.78 is 26.7. The Hall–Kier alpha value is -0.910. The average Bonchev–Trinajstić information content (AvgIpc) is 2.28. The van der Waals surface area contributed by atoms with Gasteiger partial charge in [0.1, 0.15) is 0 Å². The van der Waals surface area contributed by atoms with Gasteiger partial charge in [-0.2, -0.15) is 0 Å². The molecular weight excluding hydrogens is 248 g/mol. The van der Waals surface area contributed by atoms with Crippen LogP contribution in [0.2, 0.25) is 0 Å². The maximum Gasteiger partial charge on any atom is 0.240 e. The second-order valence-corrected chi connectivity index (χ2v) is 6.59. The van der Waals surface area contributed by atoms with Crippen LogP contribution in [0.4, 0.5) is 0 Å². The van der Waals surface area contributed by atoms with E-state index in [0.717, 1.165) is 24.9 Å². The summed E-state index contributed by atoms with van der Waals surface area (Å²) in [6, 6.07) is 7.01. The van der Waals surface area contributed by atoms with Crippen LogP contribution in [0.15, 0.2) is 29.2 Å². The molecule has 5 heteroatoms.